The predicted octanol–water partition coefficient (Wildman–Crippen LogP) is -0.120. The molecule has 1 saturated heterocycles. The zero-order chi connectivity index (χ0) is 9.35. The van der Waals surface area contributed by atoms with Gasteiger partial charge < -0.3 is 19.7 Å². The first kappa shape index (κ1) is 9.92. The van der Waals surface area contributed by atoms with E-state index in [2.05, 4.69) is 0 Å². The summed E-state index contributed by atoms with van der Waals surface area (Å²) < 4.78 is 10.7. The van der Waals surface area contributed by atoms with Crippen molar-refractivity contribution in [2.24, 2.45) is 0 Å². The van der Waals surface area contributed by atoms with Crippen LogP contribution in [-0.4, -0.2) is 40.9 Å². The fourth-order valence-corrected chi connectivity index (χ4v) is 1.41. The zero-order valence-corrected chi connectivity index (χ0v) is 7.65. The van der Waals surface area contributed by atoms with Crippen LogP contribution in [0.5, 0.6) is 0 Å². The quantitative estimate of drug-likeness (QED) is 0.616. The molecule has 2 N–H and O–H groups in total. The highest BCUT2D eigenvalue weighted by Gasteiger charge is 2.42. The van der Waals surface area contributed by atoms with Gasteiger partial charge in [0.1, 0.15) is 12.2 Å². The first-order chi connectivity index (χ1) is 5.46. The maximum Gasteiger partial charge on any atom is 0.164 e. The van der Waals surface area contributed by atoms with Crippen molar-refractivity contribution in [1.29, 1.82) is 0 Å². The van der Waals surface area contributed by atoms with Gasteiger partial charge in [-0.2, -0.15) is 0 Å². The van der Waals surface area contributed by atoms with Crippen LogP contribution in [0.4, 0.5) is 0 Å². The molecule has 1 rings (SSSR count). The van der Waals surface area contributed by atoms with E-state index in [9.17, 15) is 5.11 Å². The number of aliphatic hydroxyl groups is 2. The molecule has 0 unspecified atom stereocenters. The van der Waals surface area contributed by atoms with Crippen LogP contribution < -0.4 is 0 Å². The van der Waals surface area contributed by atoms with Crippen LogP contribution in [0.3, 0.4) is 0 Å². The Balaban J connectivity index is 2.63. The van der Waals surface area contributed by atoms with E-state index in [1.54, 1.807) is 20.8 Å². The summed E-state index contributed by atoms with van der Waals surface area (Å²) in [5, 5.41) is 18.2. The van der Waals surface area contributed by atoms with Gasteiger partial charge in [0.2, 0.25) is 0 Å². The van der Waals surface area contributed by atoms with Crippen molar-refractivity contribution in [2.75, 3.05) is 6.61 Å². The normalized spacial score (nSPS) is 36.8. The van der Waals surface area contributed by atoms with Crippen molar-refractivity contribution in [1.82, 2.24) is 0 Å². The molecule has 0 bridgehead atoms. The molecular formula is C8H16O4. The smallest absolute Gasteiger partial charge is 0.164 e. The zero-order valence-electron chi connectivity index (χ0n) is 7.65. The Morgan fingerprint density at radius 3 is 2.33 bits per heavy atom. The Hall–Kier alpha value is -0.160. The highest BCUT2D eigenvalue weighted by molar-refractivity contribution is 4.84. The molecule has 4 heteroatoms. The lowest BCUT2D eigenvalue weighted by Crippen LogP contribution is -2.35. The van der Waals surface area contributed by atoms with Crippen LogP contribution in [-0.2, 0) is 9.47 Å². The Labute approximate surface area is 72.1 Å². The molecule has 1 aliphatic rings. The summed E-state index contributed by atoms with van der Waals surface area (Å²) in [7, 11) is 0. The van der Waals surface area contributed by atoms with E-state index in [1.807, 2.05) is 0 Å². The molecule has 0 aromatic rings. The molecule has 4 nitrogen and oxygen atoms in total. The number of aliphatic hydroxyl groups excluding tert-OH is 2. The van der Waals surface area contributed by atoms with E-state index >= 15 is 0 Å². The van der Waals surface area contributed by atoms with Crippen LogP contribution in [0.1, 0.15) is 20.8 Å². The molecule has 0 aliphatic carbocycles. The third-order valence-electron chi connectivity index (χ3n) is 1.88. The van der Waals surface area contributed by atoms with Gasteiger partial charge in [-0.1, -0.05) is 0 Å². The molecule has 3 atom stereocenters. The van der Waals surface area contributed by atoms with Gasteiger partial charge in [-0.05, 0) is 20.8 Å². The minimum Gasteiger partial charge on any atom is -0.394 e. The van der Waals surface area contributed by atoms with E-state index in [0.717, 1.165) is 0 Å². The van der Waals surface area contributed by atoms with Gasteiger partial charge in [0, 0.05) is 0 Å². The predicted molar refractivity (Wildman–Crippen MR) is 42.6 cm³/mol. The van der Waals surface area contributed by atoms with Crippen molar-refractivity contribution in [3.05, 3.63) is 0 Å². The molecule has 12 heavy (non-hydrogen) atoms. The number of hydrogen-bond acceptors (Lipinski definition) is 4. The molecule has 1 aliphatic heterocycles. The summed E-state index contributed by atoms with van der Waals surface area (Å²) in [5.74, 6) is -0.699. The summed E-state index contributed by atoms with van der Waals surface area (Å²) in [6.07, 6.45) is -1.46. The molecular weight excluding hydrogens is 160 g/mol. The van der Waals surface area contributed by atoms with Crippen LogP contribution in [0.25, 0.3) is 0 Å². The number of ether oxygens (including phenoxy) is 2. The lowest BCUT2D eigenvalue weighted by molar-refractivity contribution is -0.155. The fourth-order valence-electron chi connectivity index (χ4n) is 1.41. The average molecular weight is 176 g/mol. The van der Waals surface area contributed by atoms with E-state index < -0.39 is 24.1 Å². The molecule has 0 aromatic heterocycles. The molecule has 0 radical (unpaired) electrons. The van der Waals surface area contributed by atoms with Gasteiger partial charge in [0.15, 0.2) is 5.79 Å². The summed E-state index contributed by atoms with van der Waals surface area (Å²) in [6.45, 7) is 5.02. The molecule has 1 heterocycles. The second-order valence-corrected chi connectivity index (χ2v) is 3.56. The van der Waals surface area contributed by atoms with Crippen molar-refractivity contribution in [3.63, 3.8) is 0 Å². The van der Waals surface area contributed by atoms with Crippen LogP contribution in [0.15, 0.2) is 0 Å². The van der Waals surface area contributed by atoms with Crippen molar-refractivity contribution in [2.45, 2.75) is 44.9 Å². The maximum absolute atomic E-state index is 9.27. The molecule has 1 fully saturated rings. The molecule has 0 saturated carbocycles. The lowest BCUT2D eigenvalue weighted by atomic mass is 10.1. The van der Waals surface area contributed by atoms with E-state index in [0.29, 0.717) is 0 Å². The topological polar surface area (TPSA) is 58.9 Å². The maximum atomic E-state index is 9.27. The van der Waals surface area contributed by atoms with Gasteiger partial charge in [0.25, 0.3) is 0 Å². The number of hydrogen-bond donors (Lipinski definition) is 2. The largest absolute Gasteiger partial charge is 0.394 e. The SMILES string of the molecule is C[C@H](O)[C@@H]1OC(C)(C)O[C@H]1CO. The summed E-state index contributed by atoms with van der Waals surface area (Å²) >= 11 is 0. The van der Waals surface area contributed by atoms with Crippen LogP contribution in [0, 0.1) is 0 Å². The van der Waals surface area contributed by atoms with Crippen molar-refractivity contribution in [3.8, 4) is 0 Å². The Morgan fingerprint density at radius 2 is 2.00 bits per heavy atom. The highest BCUT2D eigenvalue weighted by atomic mass is 16.8. The highest BCUT2D eigenvalue weighted by Crippen LogP contribution is 2.29. The van der Waals surface area contributed by atoms with E-state index in [1.165, 1.54) is 0 Å². The molecule has 0 spiro atoms. The van der Waals surface area contributed by atoms with Crippen molar-refractivity contribution < 1.29 is 19.7 Å². The lowest BCUT2D eigenvalue weighted by Gasteiger charge is -2.18. The standard InChI is InChI=1S/C8H16O4/c1-5(10)7-6(4-9)11-8(2,3)12-7/h5-7,9-10H,4H2,1-3H3/t5-,6-,7-/m0/s1. The second kappa shape index (κ2) is 3.30. The van der Waals surface area contributed by atoms with Gasteiger partial charge in [-0.3, -0.25) is 0 Å². The minimum absolute atomic E-state index is 0.126. The molecule has 72 valence electrons. The second-order valence-electron chi connectivity index (χ2n) is 3.56. The first-order valence-corrected chi connectivity index (χ1v) is 4.11. The Morgan fingerprint density at radius 1 is 1.42 bits per heavy atom. The summed E-state index contributed by atoms with van der Waals surface area (Å²) in [6, 6.07) is 0. The van der Waals surface area contributed by atoms with Gasteiger partial charge in [-0.15, -0.1) is 0 Å². The average Bonchev–Trinajstić information content (AvgIpc) is 2.25. The Bertz CT molecular complexity index is 155. The molecule has 0 amide bonds. The minimum atomic E-state index is -0.699. The van der Waals surface area contributed by atoms with Gasteiger partial charge in [0.05, 0.1) is 12.7 Å². The van der Waals surface area contributed by atoms with Gasteiger partial charge in [-0.25, -0.2) is 0 Å². The first-order valence-electron chi connectivity index (χ1n) is 4.11. The summed E-state index contributed by atoms with van der Waals surface area (Å²) in [4.78, 5) is 0. The fraction of sp³-hybridized carbons (Fsp3) is 1.00. The third-order valence-corrected chi connectivity index (χ3v) is 1.88. The molecule has 0 aromatic carbocycles. The monoisotopic (exact) mass is 176 g/mol. The third kappa shape index (κ3) is 1.95. The van der Waals surface area contributed by atoms with Crippen LogP contribution in [0.2, 0.25) is 0 Å². The summed E-state index contributed by atoms with van der Waals surface area (Å²) in [5.41, 5.74) is 0. The van der Waals surface area contributed by atoms with E-state index in [-0.39, 0.29) is 6.61 Å². The Kier molecular flexibility index (Phi) is 2.73. The van der Waals surface area contributed by atoms with Gasteiger partial charge >= 0.3 is 0 Å². The van der Waals surface area contributed by atoms with Crippen LogP contribution >= 0.6 is 0 Å². The number of rotatable bonds is 2. The van der Waals surface area contributed by atoms with E-state index in [4.69, 9.17) is 14.6 Å². The van der Waals surface area contributed by atoms with Crippen molar-refractivity contribution >= 4 is 0 Å².